The Balaban J connectivity index is 1.96. The summed E-state index contributed by atoms with van der Waals surface area (Å²) in [6.07, 6.45) is 2.01. The maximum absolute atomic E-state index is 12.1. The van der Waals surface area contributed by atoms with E-state index < -0.39 is 12.0 Å². The van der Waals surface area contributed by atoms with Crippen LogP contribution in [0, 0.1) is 0 Å². The molecule has 0 saturated carbocycles. The second-order valence-corrected chi connectivity index (χ2v) is 5.66. The highest BCUT2D eigenvalue weighted by Crippen LogP contribution is 2.23. The van der Waals surface area contributed by atoms with Crippen molar-refractivity contribution in [2.24, 2.45) is 0 Å². The molecule has 20 heavy (non-hydrogen) atoms. The van der Waals surface area contributed by atoms with Gasteiger partial charge in [0.05, 0.1) is 0 Å². The molecule has 1 aromatic carbocycles. The van der Waals surface area contributed by atoms with Gasteiger partial charge in [-0.1, -0.05) is 29.3 Å². The Morgan fingerprint density at radius 3 is 2.75 bits per heavy atom. The van der Waals surface area contributed by atoms with Gasteiger partial charge in [-0.25, -0.2) is 4.79 Å². The molecule has 1 fully saturated rings. The van der Waals surface area contributed by atoms with Crippen molar-refractivity contribution >= 4 is 35.1 Å². The largest absolute Gasteiger partial charge is 0.480 e. The van der Waals surface area contributed by atoms with Crippen LogP contribution in [-0.2, 0) is 16.0 Å². The van der Waals surface area contributed by atoms with Gasteiger partial charge in [-0.3, -0.25) is 4.79 Å². The van der Waals surface area contributed by atoms with Crippen LogP contribution in [0.1, 0.15) is 24.8 Å². The van der Waals surface area contributed by atoms with E-state index in [1.54, 1.807) is 18.2 Å². The van der Waals surface area contributed by atoms with Crippen molar-refractivity contribution in [1.29, 1.82) is 0 Å². The number of carboxylic acids is 1. The zero-order valence-corrected chi connectivity index (χ0v) is 12.3. The van der Waals surface area contributed by atoms with Crippen molar-refractivity contribution < 1.29 is 14.7 Å². The Morgan fingerprint density at radius 1 is 1.35 bits per heavy atom. The second kappa shape index (κ2) is 6.46. The number of likely N-dealkylation sites (tertiary alicyclic amines) is 1. The third kappa shape index (κ3) is 3.44. The van der Waals surface area contributed by atoms with E-state index in [0.29, 0.717) is 29.4 Å². The van der Waals surface area contributed by atoms with Crippen LogP contribution in [0.15, 0.2) is 18.2 Å². The molecule has 0 spiro atoms. The molecule has 6 heteroatoms. The van der Waals surface area contributed by atoms with Crippen LogP contribution in [0.3, 0.4) is 0 Å². The molecule has 0 unspecified atom stereocenters. The summed E-state index contributed by atoms with van der Waals surface area (Å²) in [5.74, 6) is -1.07. The van der Waals surface area contributed by atoms with E-state index in [0.717, 1.165) is 12.0 Å². The summed E-state index contributed by atoms with van der Waals surface area (Å²) in [7, 11) is 0. The van der Waals surface area contributed by atoms with Gasteiger partial charge in [0.2, 0.25) is 5.91 Å². The molecule has 1 amide bonds. The molecule has 108 valence electrons. The smallest absolute Gasteiger partial charge is 0.326 e. The van der Waals surface area contributed by atoms with Gasteiger partial charge in [-0.15, -0.1) is 0 Å². The van der Waals surface area contributed by atoms with Crippen molar-refractivity contribution in [3.05, 3.63) is 33.8 Å². The van der Waals surface area contributed by atoms with Crippen LogP contribution < -0.4 is 0 Å². The zero-order chi connectivity index (χ0) is 14.7. The minimum Gasteiger partial charge on any atom is -0.480 e. The van der Waals surface area contributed by atoms with E-state index in [-0.39, 0.29) is 12.3 Å². The molecule has 0 aliphatic carbocycles. The molecule has 1 N–H and O–H groups in total. The number of rotatable bonds is 4. The van der Waals surface area contributed by atoms with Crippen LogP contribution in [0.5, 0.6) is 0 Å². The van der Waals surface area contributed by atoms with Crippen LogP contribution in [0.4, 0.5) is 0 Å². The van der Waals surface area contributed by atoms with E-state index in [2.05, 4.69) is 0 Å². The van der Waals surface area contributed by atoms with Gasteiger partial charge in [-0.05, 0) is 37.0 Å². The van der Waals surface area contributed by atoms with Crippen molar-refractivity contribution in [1.82, 2.24) is 4.90 Å². The van der Waals surface area contributed by atoms with E-state index in [1.807, 2.05) is 0 Å². The first-order chi connectivity index (χ1) is 9.49. The van der Waals surface area contributed by atoms with Crippen LogP contribution in [-0.4, -0.2) is 34.5 Å². The Kier molecular flexibility index (Phi) is 4.89. The summed E-state index contributed by atoms with van der Waals surface area (Å²) in [5.41, 5.74) is 0.843. The lowest BCUT2D eigenvalue weighted by atomic mass is 10.1. The number of aryl methyl sites for hydroxylation is 1. The summed E-state index contributed by atoms with van der Waals surface area (Å²) in [6.45, 7) is 0.518. The molecular formula is C14H15Cl2NO3. The summed E-state index contributed by atoms with van der Waals surface area (Å²) >= 11 is 11.9. The number of carboxylic acid groups (broad SMARTS) is 1. The standard InChI is InChI=1S/C14H15Cl2NO3/c15-10-5-3-9(11(16)8-10)4-6-13(18)17-7-1-2-12(17)14(19)20/h3,5,8,12H,1-2,4,6-7H2,(H,19,20)/t12-/m1/s1. The van der Waals surface area contributed by atoms with Gasteiger partial charge in [0, 0.05) is 23.0 Å². The van der Waals surface area contributed by atoms with Gasteiger partial charge in [0.15, 0.2) is 0 Å². The third-order valence-electron chi connectivity index (χ3n) is 3.48. The summed E-state index contributed by atoms with van der Waals surface area (Å²) < 4.78 is 0. The summed E-state index contributed by atoms with van der Waals surface area (Å²) in [6, 6.07) is 4.47. The first kappa shape index (κ1) is 15.1. The molecule has 1 heterocycles. The highest BCUT2D eigenvalue weighted by atomic mass is 35.5. The Hall–Kier alpha value is -1.26. The van der Waals surface area contributed by atoms with Gasteiger partial charge in [-0.2, -0.15) is 0 Å². The normalized spacial score (nSPS) is 18.3. The first-order valence-corrected chi connectivity index (χ1v) is 7.21. The van der Waals surface area contributed by atoms with Crippen LogP contribution in [0.25, 0.3) is 0 Å². The fraction of sp³-hybridized carbons (Fsp3) is 0.429. The average molecular weight is 316 g/mol. The lowest BCUT2D eigenvalue weighted by molar-refractivity contribution is -0.148. The van der Waals surface area contributed by atoms with Gasteiger partial charge in [0.1, 0.15) is 6.04 Å². The fourth-order valence-corrected chi connectivity index (χ4v) is 2.93. The Bertz CT molecular complexity index is 533. The summed E-state index contributed by atoms with van der Waals surface area (Å²) in [5, 5.41) is 10.1. The molecule has 1 aromatic rings. The molecule has 1 saturated heterocycles. The predicted octanol–water partition coefficient (Wildman–Crippen LogP) is 3.00. The zero-order valence-electron chi connectivity index (χ0n) is 10.8. The number of aliphatic carboxylic acids is 1. The van der Waals surface area contributed by atoms with Crippen LogP contribution >= 0.6 is 23.2 Å². The SMILES string of the molecule is O=C(O)[C@H]1CCCN1C(=O)CCc1ccc(Cl)cc1Cl. The molecule has 0 radical (unpaired) electrons. The first-order valence-electron chi connectivity index (χ1n) is 6.45. The topological polar surface area (TPSA) is 57.6 Å². The lowest BCUT2D eigenvalue weighted by Crippen LogP contribution is -2.40. The van der Waals surface area contributed by atoms with Crippen molar-refractivity contribution in [3.8, 4) is 0 Å². The molecule has 2 rings (SSSR count). The Labute approximate surface area is 127 Å². The number of carbonyl (C=O) groups is 2. The number of halogens is 2. The maximum Gasteiger partial charge on any atom is 0.326 e. The van der Waals surface area contributed by atoms with Gasteiger partial charge >= 0.3 is 5.97 Å². The van der Waals surface area contributed by atoms with E-state index in [1.165, 1.54) is 4.90 Å². The quantitative estimate of drug-likeness (QED) is 0.929. The van der Waals surface area contributed by atoms with Crippen molar-refractivity contribution in [2.75, 3.05) is 6.54 Å². The molecule has 4 nitrogen and oxygen atoms in total. The van der Waals surface area contributed by atoms with E-state index in [4.69, 9.17) is 28.3 Å². The highest BCUT2D eigenvalue weighted by Gasteiger charge is 2.33. The monoisotopic (exact) mass is 315 g/mol. The average Bonchev–Trinajstić information content (AvgIpc) is 2.86. The third-order valence-corrected chi connectivity index (χ3v) is 4.07. The number of carbonyl (C=O) groups excluding carboxylic acids is 1. The number of benzene rings is 1. The molecule has 1 atom stereocenters. The minimum atomic E-state index is -0.930. The Morgan fingerprint density at radius 2 is 2.10 bits per heavy atom. The highest BCUT2D eigenvalue weighted by molar-refractivity contribution is 6.35. The van der Waals surface area contributed by atoms with Gasteiger partial charge < -0.3 is 10.0 Å². The van der Waals surface area contributed by atoms with E-state index >= 15 is 0 Å². The lowest BCUT2D eigenvalue weighted by Gasteiger charge is -2.21. The molecule has 1 aliphatic heterocycles. The minimum absolute atomic E-state index is 0.138. The molecular weight excluding hydrogens is 301 g/mol. The van der Waals surface area contributed by atoms with Crippen LogP contribution in [0.2, 0.25) is 10.0 Å². The number of amides is 1. The second-order valence-electron chi connectivity index (χ2n) is 4.82. The van der Waals surface area contributed by atoms with E-state index in [9.17, 15) is 9.59 Å². The molecule has 1 aliphatic rings. The number of hydrogen-bond acceptors (Lipinski definition) is 2. The maximum atomic E-state index is 12.1. The summed E-state index contributed by atoms with van der Waals surface area (Å²) in [4.78, 5) is 24.6. The predicted molar refractivity (Wildman–Crippen MR) is 77.2 cm³/mol. The fourth-order valence-electron chi connectivity index (χ4n) is 2.43. The van der Waals surface area contributed by atoms with Gasteiger partial charge in [0.25, 0.3) is 0 Å². The van der Waals surface area contributed by atoms with Crippen molar-refractivity contribution in [2.45, 2.75) is 31.7 Å². The number of hydrogen-bond donors (Lipinski definition) is 1. The van der Waals surface area contributed by atoms with Crippen molar-refractivity contribution in [3.63, 3.8) is 0 Å². The molecule has 0 bridgehead atoms. The number of nitrogens with zero attached hydrogens (tertiary/aromatic N) is 1. The molecule has 0 aromatic heterocycles.